The standard InChI is InChI=1S/C16H19F5N2O3/c1-8(2)6-10-7-11(14(17)18)23-13(16(19,20)21)12(10)15(25)22-4-5-26-9(3)24/h7-8,14H,4-6H2,1-3H3,(H,22,25). The minimum absolute atomic E-state index is 0.0159. The molecule has 1 amide bonds. The van der Waals surface area contributed by atoms with E-state index in [2.05, 4.69) is 15.0 Å². The average Bonchev–Trinajstić information content (AvgIpc) is 2.48. The highest BCUT2D eigenvalue weighted by Gasteiger charge is 2.39. The molecule has 0 radical (unpaired) electrons. The molecule has 0 aliphatic carbocycles. The summed E-state index contributed by atoms with van der Waals surface area (Å²) in [5, 5.41) is 2.19. The van der Waals surface area contributed by atoms with Crippen molar-refractivity contribution in [3.63, 3.8) is 0 Å². The van der Waals surface area contributed by atoms with Crippen molar-refractivity contribution in [3.05, 3.63) is 28.6 Å². The molecular weight excluding hydrogens is 363 g/mol. The summed E-state index contributed by atoms with van der Waals surface area (Å²) in [6.45, 7) is 4.03. The predicted molar refractivity (Wildman–Crippen MR) is 81.7 cm³/mol. The van der Waals surface area contributed by atoms with Crippen LogP contribution in [0.1, 0.15) is 54.5 Å². The van der Waals surface area contributed by atoms with Crippen LogP contribution in [0.15, 0.2) is 6.07 Å². The summed E-state index contributed by atoms with van der Waals surface area (Å²) < 4.78 is 70.4. The minimum atomic E-state index is -5.08. The summed E-state index contributed by atoms with van der Waals surface area (Å²) in [6.07, 6.45) is -8.31. The Morgan fingerprint density at radius 2 is 1.88 bits per heavy atom. The number of esters is 1. The normalized spacial score (nSPS) is 11.8. The number of aromatic nitrogens is 1. The van der Waals surface area contributed by atoms with Crippen molar-refractivity contribution >= 4 is 11.9 Å². The Hall–Kier alpha value is -2.26. The van der Waals surface area contributed by atoms with Crippen molar-refractivity contribution in [3.8, 4) is 0 Å². The molecule has 0 saturated heterocycles. The summed E-state index contributed by atoms with van der Waals surface area (Å²) in [5.74, 6) is -1.91. The summed E-state index contributed by atoms with van der Waals surface area (Å²) in [7, 11) is 0. The van der Waals surface area contributed by atoms with Gasteiger partial charge in [0.2, 0.25) is 0 Å². The zero-order valence-corrected chi connectivity index (χ0v) is 14.4. The first-order valence-corrected chi connectivity index (χ1v) is 7.74. The van der Waals surface area contributed by atoms with Crippen molar-refractivity contribution in [2.75, 3.05) is 13.2 Å². The molecule has 1 rings (SSSR count). The van der Waals surface area contributed by atoms with Crippen molar-refractivity contribution in [1.82, 2.24) is 10.3 Å². The summed E-state index contributed by atoms with van der Waals surface area (Å²) in [4.78, 5) is 25.9. The lowest BCUT2D eigenvalue weighted by Gasteiger charge is -2.18. The molecule has 0 fully saturated rings. The van der Waals surface area contributed by atoms with E-state index < -0.39 is 41.4 Å². The van der Waals surface area contributed by atoms with Gasteiger partial charge in [-0.1, -0.05) is 13.8 Å². The van der Waals surface area contributed by atoms with Gasteiger partial charge in [-0.25, -0.2) is 13.8 Å². The zero-order chi connectivity index (χ0) is 20.1. The molecule has 146 valence electrons. The molecule has 5 nitrogen and oxygen atoms in total. The van der Waals surface area contributed by atoms with Gasteiger partial charge < -0.3 is 10.1 Å². The molecule has 10 heteroatoms. The van der Waals surface area contributed by atoms with E-state index >= 15 is 0 Å². The van der Waals surface area contributed by atoms with Gasteiger partial charge in [-0.15, -0.1) is 0 Å². The largest absolute Gasteiger partial charge is 0.464 e. The Morgan fingerprint density at radius 3 is 2.35 bits per heavy atom. The maximum atomic E-state index is 13.3. The van der Waals surface area contributed by atoms with E-state index in [1.807, 2.05) is 0 Å². The summed E-state index contributed by atoms with van der Waals surface area (Å²) in [5.41, 5.74) is -3.65. The highest BCUT2D eigenvalue weighted by Crippen LogP contribution is 2.34. The monoisotopic (exact) mass is 382 g/mol. The van der Waals surface area contributed by atoms with Gasteiger partial charge in [0.25, 0.3) is 12.3 Å². The Balaban J connectivity index is 3.31. The number of ether oxygens (including phenoxy) is 1. The fourth-order valence-corrected chi connectivity index (χ4v) is 2.24. The lowest BCUT2D eigenvalue weighted by atomic mass is 9.95. The van der Waals surface area contributed by atoms with Gasteiger partial charge in [0.05, 0.1) is 12.1 Å². The summed E-state index contributed by atoms with van der Waals surface area (Å²) in [6, 6.07) is 0.820. The molecule has 0 aliphatic heterocycles. The predicted octanol–water partition coefficient (Wildman–Crippen LogP) is 3.53. The van der Waals surface area contributed by atoms with E-state index in [4.69, 9.17) is 0 Å². The maximum Gasteiger partial charge on any atom is 0.434 e. The molecule has 26 heavy (non-hydrogen) atoms. The van der Waals surface area contributed by atoms with Crippen LogP contribution in [0.5, 0.6) is 0 Å². The SMILES string of the molecule is CC(=O)OCCNC(=O)c1c(CC(C)C)cc(C(F)F)nc1C(F)(F)F. The van der Waals surface area contributed by atoms with Gasteiger partial charge in [-0.3, -0.25) is 9.59 Å². The number of halogens is 5. The molecule has 1 aromatic rings. The quantitative estimate of drug-likeness (QED) is 0.445. The molecule has 1 aromatic heterocycles. The van der Waals surface area contributed by atoms with E-state index in [0.29, 0.717) is 0 Å². The van der Waals surface area contributed by atoms with Crippen LogP contribution >= 0.6 is 0 Å². The van der Waals surface area contributed by atoms with Gasteiger partial charge in [-0.2, -0.15) is 13.2 Å². The number of amides is 1. The number of nitrogens with zero attached hydrogens (tertiary/aromatic N) is 1. The second-order valence-corrected chi connectivity index (χ2v) is 5.92. The lowest BCUT2D eigenvalue weighted by molar-refractivity contribution is -0.142. The molecule has 0 saturated carbocycles. The number of alkyl halides is 5. The number of rotatable bonds is 7. The van der Waals surface area contributed by atoms with E-state index in [-0.39, 0.29) is 31.1 Å². The molecule has 0 atom stereocenters. The van der Waals surface area contributed by atoms with E-state index in [9.17, 15) is 31.5 Å². The Kier molecular flexibility index (Phi) is 7.46. The van der Waals surface area contributed by atoms with E-state index in [1.54, 1.807) is 13.8 Å². The molecule has 1 heterocycles. The van der Waals surface area contributed by atoms with Crippen molar-refractivity contribution in [2.45, 2.75) is 39.8 Å². The fourth-order valence-electron chi connectivity index (χ4n) is 2.24. The van der Waals surface area contributed by atoms with Gasteiger partial charge in [0, 0.05) is 6.92 Å². The molecule has 0 aliphatic rings. The number of pyridine rings is 1. The third kappa shape index (κ3) is 6.23. The smallest absolute Gasteiger partial charge is 0.434 e. The Bertz CT molecular complexity index is 660. The molecule has 0 aromatic carbocycles. The van der Waals surface area contributed by atoms with Crippen molar-refractivity contribution in [2.24, 2.45) is 5.92 Å². The Morgan fingerprint density at radius 1 is 1.27 bits per heavy atom. The van der Waals surface area contributed by atoms with E-state index in [0.717, 1.165) is 13.0 Å². The first-order chi connectivity index (χ1) is 11.9. The van der Waals surface area contributed by atoms with Crippen molar-refractivity contribution in [1.29, 1.82) is 0 Å². The zero-order valence-electron chi connectivity index (χ0n) is 14.4. The molecular formula is C16H19F5N2O3. The van der Waals surface area contributed by atoms with Crippen LogP contribution in [0.2, 0.25) is 0 Å². The highest BCUT2D eigenvalue weighted by atomic mass is 19.4. The highest BCUT2D eigenvalue weighted by molar-refractivity contribution is 5.97. The first-order valence-electron chi connectivity index (χ1n) is 7.74. The maximum absolute atomic E-state index is 13.3. The third-order valence-corrected chi connectivity index (χ3v) is 3.16. The molecule has 1 N–H and O–H groups in total. The fraction of sp³-hybridized carbons (Fsp3) is 0.562. The first kappa shape index (κ1) is 21.8. The number of nitrogens with one attached hydrogen (secondary N) is 1. The number of carbonyl (C=O) groups excluding carboxylic acids is 2. The number of carbonyl (C=O) groups is 2. The molecule has 0 unspecified atom stereocenters. The second kappa shape index (κ2) is 8.91. The summed E-state index contributed by atoms with van der Waals surface area (Å²) >= 11 is 0. The lowest BCUT2D eigenvalue weighted by Crippen LogP contribution is -2.32. The molecule has 0 spiro atoms. The van der Waals surface area contributed by atoms with Crippen molar-refractivity contribution < 1.29 is 36.3 Å². The molecule has 0 bridgehead atoms. The van der Waals surface area contributed by atoms with Crippen LogP contribution in [0.3, 0.4) is 0 Å². The van der Waals surface area contributed by atoms with Crippen LogP contribution in [0, 0.1) is 5.92 Å². The van der Waals surface area contributed by atoms with Crippen LogP contribution in [-0.2, 0) is 22.1 Å². The van der Waals surface area contributed by atoms with Crippen LogP contribution in [0.4, 0.5) is 22.0 Å². The second-order valence-electron chi connectivity index (χ2n) is 5.92. The van der Waals surface area contributed by atoms with Gasteiger partial charge in [0.1, 0.15) is 12.3 Å². The average molecular weight is 382 g/mol. The van der Waals surface area contributed by atoms with Gasteiger partial charge in [0.15, 0.2) is 5.69 Å². The number of hydrogen-bond donors (Lipinski definition) is 1. The van der Waals surface area contributed by atoms with Crippen LogP contribution < -0.4 is 5.32 Å². The van der Waals surface area contributed by atoms with Gasteiger partial charge in [-0.05, 0) is 24.0 Å². The number of hydrogen-bond acceptors (Lipinski definition) is 4. The van der Waals surface area contributed by atoms with Gasteiger partial charge >= 0.3 is 12.1 Å². The van der Waals surface area contributed by atoms with E-state index in [1.165, 1.54) is 0 Å². The topological polar surface area (TPSA) is 68.3 Å². The van der Waals surface area contributed by atoms with Crippen LogP contribution in [-0.4, -0.2) is 30.0 Å². The van der Waals surface area contributed by atoms with Crippen LogP contribution in [0.25, 0.3) is 0 Å². The minimum Gasteiger partial charge on any atom is -0.464 e. The third-order valence-electron chi connectivity index (χ3n) is 3.16. The Labute approximate surface area is 146 Å².